The summed E-state index contributed by atoms with van der Waals surface area (Å²) in [6.45, 7) is 0.770. The summed E-state index contributed by atoms with van der Waals surface area (Å²) in [5.41, 5.74) is 6.43. The highest BCUT2D eigenvalue weighted by Crippen LogP contribution is 2.32. The second-order valence-corrected chi connectivity index (χ2v) is 12.8. The molecule has 10 heteroatoms. The van der Waals surface area contributed by atoms with Gasteiger partial charge in [0.25, 0.3) is 11.1 Å². The summed E-state index contributed by atoms with van der Waals surface area (Å²) in [6, 6.07) is 47.1. The summed E-state index contributed by atoms with van der Waals surface area (Å²) in [5.74, 6) is 1.12. The molecule has 0 aliphatic rings. The zero-order chi connectivity index (χ0) is 36.6. The number of aromatic amines is 2. The van der Waals surface area contributed by atoms with Crippen molar-refractivity contribution < 1.29 is 9.47 Å². The van der Waals surface area contributed by atoms with E-state index < -0.39 is 0 Å². The molecule has 0 aliphatic heterocycles. The topological polar surface area (TPSA) is 134 Å². The molecule has 258 valence electrons. The van der Waals surface area contributed by atoms with Crippen LogP contribution in [0.2, 0.25) is 0 Å². The highest BCUT2D eigenvalue weighted by Gasteiger charge is 2.16. The maximum atomic E-state index is 12.6. The van der Waals surface area contributed by atoms with Gasteiger partial charge in [0.1, 0.15) is 36.1 Å². The zero-order valence-corrected chi connectivity index (χ0v) is 29.7. The molecule has 9 nitrogen and oxygen atoms in total. The summed E-state index contributed by atoms with van der Waals surface area (Å²) >= 11 is 3.47. The van der Waals surface area contributed by atoms with Gasteiger partial charge in [-0.25, -0.2) is 9.97 Å². The van der Waals surface area contributed by atoms with Gasteiger partial charge in [-0.1, -0.05) is 101 Å². The zero-order valence-electron chi connectivity index (χ0n) is 28.1. The fourth-order valence-electron chi connectivity index (χ4n) is 5.62. The molecular formula is C43H30BrN5O4. The van der Waals surface area contributed by atoms with Crippen molar-refractivity contribution in [1.82, 2.24) is 19.9 Å². The minimum absolute atomic E-state index is 0.230. The fraction of sp³-hybridized carbons (Fsp3) is 0.0465. The summed E-state index contributed by atoms with van der Waals surface area (Å²) in [7, 11) is 0. The molecule has 6 aromatic carbocycles. The second kappa shape index (κ2) is 16.0. The molecule has 2 heterocycles. The predicted octanol–water partition coefficient (Wildman–Crippen LogP) is 8.97. The van der Waals surface area contributed by atoms with Crippen molar-refractivity contribution in [3.63, 3.8) is 0 Å². The number of nitrogens with zero attached hydrogens (tertiary/aromatic N) is 3. The third kappa shape index (κ3) is 8.22. The van der Waals surface area contributed by atoms with Gasteiger partial charge in [-0.15, -0.1) is 0 Å². The SMILES string of the molecule is N#Cc1ccc(OCc2ccccc2)c(-c2nc3ccccc3[nH]c2=O)c1.O=c1[nH]c2ccccc2nc1-c1cc(Br)ccc1OCc1ccccc1. The number of halogens is 1. The summed E-state index contributed by atoms with van der Waals surface area (Å²) in [6.07, 6.45) is 0. The quantitative estimate of drug-likeness (QED) is 0.158. The van der Waals surface area contributed by atoms with Gasteiger partial charge in [0.15, 0.2) is 0 Å². The second-order valence-electron chi connectivity index (χ2n) is 11.9. The van der Waals surface area contributed by atoms with Crippen LogP contribution in [0.25, 0.3) is 44.6 Å². The lowest BCUT2D eigenvalue weighted by Gasteiger charge is -2.12. The largest absolute Gasteiger partial charge is 0.488 e. The first-order valence-corrected chi connectivity index (χ1v) is 17.4. The van der Waals surface area contributed by atoms with Gasteiger partial charge in [-0.05, 0) is 71.8 Å². The van der Waals surface area contributed by atoms with Gasteiger partial charge in [0.05, 0.1) is 33.7 Å². The Morgan fingerprint density at radius 3 is 1.53 bits per heavy atom. The maximum absolute atomic E-state index is 12.6. The first-order chi connectivity index (χ1) is 25.9. The van der Waals surface area contributed by atoms with Gasteiger partial charge < -0.3 is 19.4 Å². The Morgan fingerprint density at radius 1 is 0.566 bits per heavy atom. The number of para-hydroxylation sites is 4. The van der Waals surface area contributed by atoms with E-state index >= 15 is 0 Å². The van der Waals surface area contributed by atoms with Crippen LogP contribution in [0.1, 0.15) is 16.7 Å². The van der Waals surface area contributed by atoms with Crippen LogP contribution >= 0.6 is 15.9 Å². The third-order valence-corrected chi connectivity index (χ3v) is 8.73. The first-order valence-electron chi connectivity index (χ1n) is 16.6. The number of benzene rings is 6. The Labute approximate surface area is 312 Å². The van der Waals surface area contributed by atoms with E-state index in [2.05, 4.69) is 41.9 Å². The summed E-state index contributed by atoms with van der Waals surface area (Å²) in [5, 5.41) is 9.25. The van der Waals surface area contributed by atoms with E-state index in [0.29, 0.717) is 63.6 Å². The van der Waals surface area contributed by atoms with E-state index in [-0.39, 0.29) is 16.8 Å². The van der Waals surface area contributed by atoms with Crippen molar-refractivity contribution in [2.24, 2.45) is 0 Å². The van der Waals surface area contributed by atoms with Crippen LogP contribution in [-0.4, -0.2) is 19.9 Å². The Balaban J connectivity index is 0.000000164. The van der Waals surface area contributed by atoms with Gasteiger partial charge in [-0.3, -0.25) is 9.59 Å². The minimum atomic E-state index is -0.326. The van der Waals surface area contributed by atoms with E-state index in [0.717, 1.165) is 21.1 Å². The van der Waals surface area contributed by atoms with Crippen molar-refractivity contribution in [3.05, 3.63) is 187 Å². The Hall–Kier alpha value is -6.83. The first kappa shape index (κ1) is 34.6. The highest BCUT2D eigenvalue weighted by atomic mass is 79.9. The normalized spacial score (nSPS) is 10.6. The number of rotatable bonds is 8. The number of nitriles is 1. The number of aromatic nitrogens is 4. The van der Waals surface area contributed by atoms with Gasteiger partial charge in [0.2, 0.25) is 0 Å². The van der Waals surface area contributed by atoms with Crippen molar-refractivity contribution in [3.8, 4) is 40.1 Å². The molecule has 2 aromatic heterocycles. The average molecular weight is 761 g/mol. The summed E-state index contributed by atoms with van der Waals surface area (Å²) in [4.78, 5) is 40.0. The maximum Gasteiger partial charge on any atom is 0.275 e. The molecule has 0 saturated carbocycles. The van der Waals surface area contributed by atoms with E-state index in [1.165, 1.54) is 0 Å². The molecule has 53 heavy (non-hydrogen) atoms. The summed E-state index contributed by atoms with van der Waals surface area (Å²) < 4.78 is 12.8. The van der Waals surface area contributed by atoms with E-state index in [4.69, 9.17) is 9.47 Å². The fourth-order valence-corrected chi connectivity index (χ4v) is 5.98. The molecule has 0 aliphatic carbocycles. The molecule has 0 unspecified atom stereocenters. The van der Waals surface area contributed by atoms with Crippen LogP contribution in [0.5, 0.6) is 11.5 Å². The molecule has 8 rings (SSSR count). The molecule has 0 saturated heterocycles. The van der Waals surface area contributed by atoms with E-state index in [1.54, 1.807) is 24.3 Å². The number of hydrogen-bond donors (Lipinski definition) is 2. The van der Waals surface area contributed by atoms with Crippen LogP contribution in [-0.2, 0) is 13.2 Å². The van der Waals surface area contributed by atoms with Gasteiger partial charge in [0, 0.05) is 15.6 Å². The van der Waals surface area contributed by atoms with Gasteiger partial charge >= 0.3 is 0 Å². The molecule has 0 amide bonds. The minimum Gasteiger partial charge on any atom is -0.488 e. The Morgan fingerprint density at radius 2 is 1.02 bits per heavy atom. The molecule has 0 atom stereocenters. The highest BCUT2D eigenvalue weighted by molar-refractivity contribution is 9.10. The Bertz CT molecular complexity index is 2710. The van der Waals surface area contributed by atoms with E-state index in [1.807, 2.05) is 121 Å². The van der Waals surface area contributed by atoms with Gasteiger partial charge in [-0.2, -0.15) is 5.26 Å². The average Bonchev–Trinajstić information content (AvgIpc) is 3.20. The Kier molecular flexibility index (Phi) is 10.5. The lowest BCUT2D eigenvalue weighted by molar-refractivity contribution is 0.307. The standard InChI is InChI=1S/C22H15N3O2.C21H15BrN2O2/c23-13-16-10-11-20(27-14-15-6-2-1-3-7-15)17(12-16)21-22(26)25-19-9-5-4-8-18(19)24-21;22-15-10-11-19(26-13-14-6-2-1-3-7-14)16(12-15)20-21(25)24-18-9-5-4-8-17(18)23-20/h1-12H,14H2,(H,25,26);1-12H,13H2,(H,24,25). The van der Waals surface area contributed by atoms with Crippen LogP contribution in [0.4, 0.5) is 0 Å². The molecule has 8 aromatic rings. The lowest BCUT2D eigenvalue weighted by atomic mass is 10.1. The molecule has 0 spiro atoms. The van der Waals surface area contributed by atoms with Crippen molar-refractivity contribution >= 4 is 38.0 Å². The number of nitrogens with one attached hydrogen (secondary N) is 2. The van der Waals surface area contributed by atoms with E-state index in [9.17, 15) is 14.9 Å². The monoisotopic (exact) mass is 759 g/mol. The lowest BCUT2D eigenvalue weighted by Crippen LogP contribution is -2.12. The number of hydrogen-bond acceptors (Lipinski definition) is 7. The molecular weight excluding hydrogens is 730 g/mol. The predicted molar refractivity (Wildman–Crippen MR) is 210 cm³/mol. The van der Waals surface area contributed by atoms with Crippen LogP contribution in [0.15, 0.2) is 160 Å². The van der Waals surface area contributed by atoms with Crippen LogP contribution in [0, 0.1) is 11.3 Å². The number of ether oxygens (including phenoxy) is 2. The smallest absolute Gasteiger partial charge is 0.275 e. The molecule has 0 radical (unpaired) electrons. The molecule has 0 fully saturated rings. The number of H-pyrrole nitrogens is 2. The van der Waals surface area contributed by atoms with Crippen molar-refractivity contribution in [1.29, 1.82) is 5.26 Å². The molecule has 2 N–H and O–H groups in total. The third-order valence-electron chi connectivity index (χ3n) is 8.23. The molecule has 0 bridgehead atoms. The van der Waals surface area contributed by atoms with Crippen LogP contribution in [0.3, 0.4) is 0 Å². The van der Waals surface area contributed by atoms with Crippen LogP contribution < -0.4 is 20.6 Å². The number of fused-ring (bicyclic) bond motifs is 2. The van der Waals surface area contributed by atoms with Crippen molar-refractivity contribution in [2.75, 3.05) is 0 Å². The van der Waals surface area contributed by atoms with Crippen molar-refractivity contribution in [2.45, 2.75) is 13.2 Å².